The molecular weight excluding hydrogens is 216 g/mol. The number of aromatic hydroxyl groups is 1. The zero-order valence-electron chi connectivity index (χ0n) is 10.5. The number of methoxy groups -OCH3 is 1. The van der Waals surface area contributed by atoms with Gasteiger partial charge in [0, 0.05) is 16.9 Å². The van der Waals surface area contributed by atoms with Crippen LogP contribution in [-0.4, -0.2) is 22.2 Å². The molecule has 4 nitrogen and oxygen atoms in total. The molecule has 1 heterocycles. The molecule has 0 saturated heterocycles. The van der Waals surface area contributed by atoms with Gasteiger partial charge >= 0.3 is 0 Å². The highest BCUT2D eigenvalue weighted by Crippen LogP contribution is 2.34. The van der Waals surface area contributed by atoms with E-state index in [1.54, 1.807) is 18.5 Å². The minimum absolute atomic E-state index is 0.0950. The lowest BCUT2D eigenvalue weighted by molar-refractivity contribution is 0.374. The number of aromatic nitrogens is 2. The van der Waals surface area contributed by atoms with Gasteiger partial charge in [-0.2, -0.15) is 0 Å². The summed E-state index contributed by atoms with van der Waals surface area (Å²) in [6, 6.07) is 3.39. The lowest BCUT2D eigenvalue weighted by Crippen LogP contribution is -2.14. The maximum absolute atomic E-state index is 9.82. The van der Waals surface area contributed by atoms with Crippen LogP contribution in [0.1, 0.15) is 26.5 Å². The van der Waals surface area contributed by atoms with E-state index in [0.717, 1.165) is 16.6 Å². The molecule has 0 aliphatic heterocycles. The molecule has 0 bridgehead atoms. The monoisotopic (exact) mass is 232 g/mol. The zero-order chi connectivity index (χ0) is 12.6. The summed E-state index contributed by atoms with van der Waals surface area (Å²) < 4.78 is 5.07. The third kappa shape index (κ3) is 2.02. The Kier molecular flexibility index (Phi) is 2.65. The molecule has 2 rings (SSSR count). The van der Waals surface area contributed by atoms with Crippen molar-refractivity contribution in [1.82, 2.24) is 9.97 Å². The molecule has 0 saturated carbocycles. The van der Waals surface area contributed by atoms with Gasteiger partial charge in [0.25, 0.3) is 0 Å². The second-order valence-electron chi connectivity index (χ2n) is 5.01. The van der Waals surface area contributed by atoms with Crippen molar-refractivity contribution in [2.75, 3.05) is 7.11 Å². The molecule has 0 aliphatic rings. The van der Waals surface area contributed by atoms with Gasteiger partial charge in [0.2, 0.25) is 0 Å². The number of ether oxygens (including phenoxy) is 1. The van der Waals surface area contributed by atoms with Gasteiger partial charge in [0.05, 0.1) is 18.3 Å². The van der Waals surface area contributed by atoms with Crippen LogP contribution in [0.3, 0.4) is 0 Å². The summed E-state index contributed by atoms with van der Waals surface area (Å²) >= 11 is 0. The Morgan fingerprint density at radius 2 is 1.88 bits per heavy atom. The van der Waals surface area contributed by atoms with E-state index in [-0.39, 0.29) is 11.2 Å². The second kappa shape index (κ2) is 3.87. The van der Waals surface area contributed by atoms with Crippen LogP contribution in [0.25, 0.3) is 10.9 Å². The van der Waals surface area contributed by atoms with Crippen molar-refractivity contribution in [3.8, 4) is 11.5 Å². The van der Waals surface area contributed by atoms with E-state index < -0.39 is 0 Å². The number of phenolic OH excluding ortho intramolecular Hbond substituents is 1. The molecule has 0 fully saturated rings. The first-order chi connectivity index (χ1) is 7.93. The number of benzene rings is 1. The summed E-state index contributed by atoms with van der Waals surface area (Å²) in [6.07, 6.45) is 1.54. The fourth-order valence-electron chi connectivity index (χ4n) is 1.83. The summed E-state index contributed by atoms with van der Waals surface area (Å²) in [5, 5.41) is 10.7. The summed E-state index contributed by atoms with van der Waals surface area (Å²) in [5.41, 5.74) is 1.60. The van der Waals surface area contributed by atoms with E-state index in [4.69, 9.17) is 4.74 Å². The topological polar surface area (TPSA) is 55.2 Å². The fraction of sp³-hybridized carbons (Fsp3) is 0.385. The van der Waals surface area contributed by atoms with Gasteiger partial charge in [-0.1, -0.05) is 20.8 Å². The lowest BCUT2D eigenvalue weighted by atomic mass is 9.89. The molecule has 90 valence electrons. The molecular formula is C13H16N2O2. The Labute approximate surface area is 100 Å². The molecule has 0 atom stereocenters. The van der Waals surface area contributed by atoms with Crippen molar-refractivity contribution in [3.05, 3.63) is 24.2 Å². The minimum Gasteiger partial charge on any atom is -0.504 e. The summed E-state index contributed by atoms with van der Waals surface area (Å²) in [4.78, 5) is 8.51. The zero-order valence-corrected chi connectivity index (χ0v) is 10.5. The van der Waals surface area contributed by atoms with Crippen LogP contribution in [0.4, 0.5) is 0 Å². The molecule has 0 amide bonds. The van der Waals surface area contributed by atoms with Gasteiger partial charge in [0.1, 0.15) is 6.33 Å². The maximum Gasteiger partial charge on any atom is 0.162 e. The van der Waals surface area contributed by atoms with E-state index in [9.17, 15) is 5.11 Å². The number of hydrogen-bond donors (Lipinski definition) is 1. The van der Waals surface area contributed by atoms with Crippen molar-refractivity contribution < 1.29 is 9.84 Å². The van der Waals surface area contributed by atoms with Gasteiger partial charge in [-0.15, -0.1) is 0 Å². The van der Waals surface area contributed by atoms with Crippen LogP contribution < -0.4 is 4.74 Å². The molecule has 2 aromatic rings. The third-order valence-electron chi connectivity index (χ3n) is 2.65. The van der Waals surface area contributed by atoms with Crippen LogP contribution in [0.15, 0.2) is 18.5 Å². The predicted octanol–water partition coefficient (Wildman–Crippen LogP) is 2.64. The molecule has 1 aromatic carbocycles. The SMILES string of the molecule is COc1cc2ncnc(C(C)(C)C)c2cc1O. The normalized spacial score (nSPS) is 11.8. The third-order valence-corrected chi connectivity index (χ3v) is 2.65. The molecule has 1 N–H and O–H groups in total. The van der Waals surface area contributed by atoms with Crippen molar-refractivity contribution in [2.24, 2.45) is 0 Å². The van der Waals surface area contributed by atoms with Gasteiger partial charge in [-0.3, -0.25) is 0 Å². The predicted molar refractivity (Wildman–Crippen MR) is 66.5 cm³/mol. The van der Waals surface area contributed by atoms with E-state index in [1.807, 2.05) is 0 Å². The number of rotatable bonds is 1. The van der Waals surface area contributed by atoms with E-state index in [1.165, 1.54) is 7.11 Å². The van der Waals surface area contributed by atoms with Gasteiger partial charge in [-0.25, -0.2) is 9.97 Å². The van der Waals surface area contributed by atoms with Crippen molar-refractivity contribution in [1.29, 1.82) is 0 Å². The Morgan fingerprint density at radius 3 is 2.47 bits per heavy atom. The maximum atomic E-state index is 9.82. The summed E-state index contributed by atoms with van der Waals surface area (Å²) in [5.74, 6) is 0.538. The highest BCUT2D eigenvalue weighted by Gasteiger charge is 2.20. The van der Waals surface area contributed by atoms with Crippen molar-refractivity contribution >= 4 is 10.9 Å². The largest absolute Gasteiger partial charge is 0.504 e. The first-order valence-electron chi connectivity index (χ1n) is 5.45. The average Bonchev–Trinajstić information content (AvgIpc) is 2.26. The Hall–Kier alpha value is -1.84. The number of hydrogen-bond acceptors (Lipinski definition) is 4. The Balaban J connectivity index is 2.78. The standard InChI is InChI=1S/C13H16N2O2/c1-13(2,3)12-8-5-10(16)11(17-4)6-9(8)14-7-15-12/h5-7,16H,1-4H3. The van der Waals surface area contributed by atoms with Crippen LogP contribution >= 0.6 is 0 Å². The van der Waals surface area contributed by atoms with Crippen LogP contribution in [0.5, 0.6) is 11.5 Å². The molecule has 17 heavy (non-hydrogen) atoms. The molecule has 0 aliphatic carbocycles. The average molecular weight is 232 g/mol. The molecule has 0 unspecified atom stereocenters. The van der Waals surface area contributed by atoms with E-state index in [0.29, 0.717) is 5.75 Å². The highest BCUT2D eigenvalue weighted by molar-refractivity contribution is 5.85. The first-order valence-corrected chi connectivity index (χ1v) is 5.45. The van der Waals surface area contributed by atoms with Crippen LogP contribution in [0.2, 0.25) is 0 Å². The summed E-state index contributed by atoms with van der Waals surface area (Å²) in [7, 11) is 1.52. The number of phenols is 1. The van der Waals surface area contributed by atoms with Crippen LogP contribution in [0, 0.1) is 0 Å². The van der Waals surface area contributed by atoms with Gasteiger partial charge in [0.15, 0.2) is 11.5 Å². The number of fused-ring (bicyclic) bond motifs is 1. The molecule has 0 spiro atoms. The van der Waals surface area contributed by atoms with Gasteiger partial charge in [-0.05, 0) is 6.07 Å². The van der Waals surface area contributed by atoms with Gasteiger partial charge < -0.3 is 9.84 Å². The van der Waals surface area contributed by atoms with Crippen molar-refractivity contribution in [2.45, 2.75) is 26.2 Å². The Bertz CT molecular complexity index is 559. The van der Waals surface area contributed by atoms with E-state index >= 15 is 0 Å². The van der Waals surface area contributed by atoms with Crippen molar-refractivity contribution in [3.63, 3.8) is 0 Å². The first kappa shape index (κ1) is 11.6. The number of nitrogens with zero attached hydrogens (tertiary/aromatic N) is 2. The highest BCUT2D eigenvalue weighted by atomic mass is 16.5. The quantitative estimate of drug-likeness (QED) is 0.821. The molecule has 1 aromatic heterocycles. The van der Waals surface area contributed by atoms with Crippen LogP contribution in [-0.2, 0) is 5.41 Å². The molecule has 4 heteroatoms. The second-order valence-corrected chi connectivity index (χ2v) is 5.01. The minimum atomic E-state index is -0.0950. The van der Waals surface area contributed by atoms with E-state index in [2.05, 4.69) is 30.7 Å². The Morgan fingerprint density at radius 1 is 1.18 bits per heavy atom. The summed E-state index contributed by atoms with van der Waals surface area (Å²) in [6.45, 7) is 6.24. The fourth-order valence-corrected chi connectivity index (χ4v) is 1.83. The molecule has 0 radical (unpaired) electrons. The lowest BCUT2D eigenvalue weighted by Gasteiger charge is -2.19. The smallest absolute Gasteiger partial charge is 0.162 e.